The molecular formula is C20H27N. The van der Waals surface area contributed by atoms with E-state index in [0.717, 1.165) is 5.69 Å². The molecule has 0 aliphatic rings. The molecule has 0 amide bonds. The maximum Gasteiger partial charge on any atom is 0.0378 e. The van der Waals surface area contributed by atoms with E-state index in [-0.39, 0.29) is 10.8 Å². The predicted molar refractivity (Wildman–Crippen MR) is 91.8 cm³/mol. The van der Waals surface area contributed by atoms with E-state index < -0.39 is 0 Å². The van der Waals surface area contributed by atoms with Gasteiger partial charge >= 0.3 is 0 Å². The number of aryl methyl sites for hydroxylation is 1. The summed E-state index contributed by atoms with van der Waals surface area (Å²) in [5.74, 6) is 0. The largest absolute Gasteiger partial charge is 0.262 e. The van der Waals surface area contributed by atoms with E-state index in [1.807, 2.05) is 13.1 Å². The van der Waals surface area contributed by atoms with Crippen LogP contribution in [0.4, 0.5) is 0 Å². The third-order valence-electron chi connectivity index (χ3n) is 3.87. The van der Waals surface area contributed by atoms with Gasteiger partial charge in [-0.3, -0.25) is 4.98 Å². The van der Waals surface area contributed by atoms with Crippen LogP contribution in [0.5, 0.6) is 0 Å². The van der Waals surface area contributed by atoms with Gasteiger partial charge in [0.1, 0.15) is 0 Å². The van der Waals surface area contributed by atoms with Crippen molar-refractivity contribution in [1.29, 1.82) is 0 Å². The fraction of sp³-hybridized carbons (Fsp3) is 0.450. The van der Waals surface area contributed by atoms with Gasteiger partial charge in [-0.2, -0.15) is 0 Å². The summed E-state index contributed by atoms with van der Waals surface area (Å²) in [6.45, 7) is 15.8. The maximum absolute atomic E-state index is 4.29. The molecule has 1 nitrogen and oxygen atoms in total. The van der Waals surface area contributed by atoms with Crippen molar-refractivity contribution in [2.75, 3.05) is 0 Å². The molecule has 0 atom stereocenters. The molecule has 0 radical (unpaired) electrons. The second-order valence-corrected chi connectivity index (χ2v) is 7.95. The minimum atomic E-state index is 0.140. The molecule has 1 heterocycles. The standard InChI is InChI=1S/C20H27N/c1-14-12-16(10-11-21-14)15-8-9-17(19(2,3)4)18(13-15)20(5,6)7/h8-13H,1-7H3. The molecule has 112 valence electrons. The average molecular weight is 281 g/mol. The molecule has 0 N–H and O–H groups in total. The van der Waals surface area contributed by atoms with Crippen molar-refractivity contribution < 1.29 is 0 Å². The summed E-state index contributed by atoms with van der Waals surface area (Å²) in [7, 11) is 0. The first-order valence-corrected chi connectivity index (χ1v) is 7.67. The second-order valence-electron chi connectivity index (χ2n) is 7.95. The molecule has 0 fully saturated rings. The lowest BCUT2D eigenvalue weighted by Crippen LogP contribution is -2.21. The number of nitrogens with zero attached hydrogens (tertiary/aromatic N) is 1. The SMILES string of the molecule is Cc1cc(-c2ccc(C(C)(C)C)c(C(C)(C)C)c2)ccn1. The van der Waals surface area contributed by atoms with Crippen LogP contribution in [-0.4, -0.2) is 4.98 Å². The summed E-state index contributed by atoms with van der Waals surface area (Å²) in [6.07, 6.45) is 1.89. The van der Waals surface area contributed by atoms with Crippen LogP contribution in [0.15, 0.2) is 36.5 Å². The molecule has 21 heavy (non-hydrogen) atoms. The quantitative estimate of drug-likeness (QED) is 0.658. The van der Waals surface area contributed by atoms with Crippen LogP contribution in [-0.2, 0) is 10.8 Å². The second kappa shape index (κ2) is 5.29. The minimum absolute atomic E-state index is 0.140. The molecule has 0 bridgehead atoms. The molecule has 0 aliphatic heterocycles. The van der Waals surface area contributed by atoms with Crippen molar-refractivity contribution in [2.24, 2.45) is 0 Å². The number of rotatable bonds is 1. The van der Waals surface area contributed by atoms with Crippen LogP contribution in [0.2, 0.25) is 0 Å². The van der Waals surface area contributed by atoms with E-state index in [2.05, 4.69) is 76.9 Å². The summed E-state index contributed by atoms with van der Waals surface area (Å²) in [5, 5.41) is 0. The van der Waals surface area contributed by atoms with Gasteiger partial charge in [0.05, 0.1) is 0 Å². The summed E-state index contributed by atoms with van der Waals surface area (Å²) in [6, 6.07) is 11.1. The molecule has 0 saturated carbocycles. The Morgan fingerprint density at radius 1 is 0.714 bits per heavy atom. The van der Waals surface area contributed by atoms with Crippen LogP contribution >= 0.6 is 0 Å². The van der Waals surface area contributed by atoms with Gasteiger partial charge in [-0.1, -0.05) is 59.7 Å². The van der Waals surface area contributed by atoms with Crippen molar-refractivity contribution in [3.63, 3.8) is 0 Å². The Hall–Kier alpha value is -1.63. The monoisotopic (exact) mass is 281 g/mol. The van der Waals surface area contributed by atoms with Gasteiger partial charge < -0.3 is 0 Å². The number of pyridine rings is 1. The van der Waals surface area contributed by atoms with E-state index >= 15 is 0 Å². The molecule has 0 spiro atoms. The Balaban J connectivity index is 2.63. The summed E-state index contributed by atoms with van der Waals surface area (Å²) in [4.78, 5) is 4.29. The molecule has 2 rings (SSSR count). The minimum Gasteiger partial charge on any atom is -0.262 e. The van der Waals surface area contributed by atoms with Gasteiger partial charge in [-0.05, 0) is 52.1 Å². The van der Waals surface area contributed by atoms with Crippen molar-refractivity contribution in [2.45, 2.75) is 59.3 Å². The molecule has 1 heteroatoms. The molecule has 0 unspecified atom stereocenters. The van der Waals surface area contributed by atoms with E-state index in [1.165, 1.54) is 22.3 Å². The van der Waals surface area contributed by atoms with Crippen LogP contribution in [0.3, 0.4) is 0 Å². The van der Waals surface area contributed by atoms with Gasteiger partial charge in [0.25, 0.3) is 0 Å². The zero-order valence-electron chi connectivity index (χ0n) is 14.4. The lowest BCUT2D eigenvalue weighted by molar-refractivity contribution is 0.530. The highest BCUT2D eigenvalue weighted by atomic mass is 14.6. The Bertz CT molecular complexity index is 640. The molecule has 2 aromatic rings. The van der Waals surface area contributed by atoms with Crippen molar-refractivity contribution in [3.8, 4) is 11.1 Å². The normalized spacial score (nSPS) is 12.5. The Kier molecular flexibility index (Phi) is 3.97. The molecule has 0 aliphatic carbocycles. The number of hydrogen-bond donors (Lipinski definition) is 0. The molecule has 1 aromatic heterocycles. The van der Waals surface area contributed by atoms with Gasteiger partial charge in [-0.25, -0.2) is 0 Å². The van der Waals surface area contributed by atoms with Crippen molar-refractivity contribution in [1.82, 2.24) is 4.98 Å². The first-order chi connectivity index (χ1) is 9.59. The first kappa shape index (κ1) is 15.8. The van der Waals surface area contributed by atoms with Gasteiger partial charge in [0, 0.05) is 11.9 Å². The Morgan fingerprint density at radius 2 is 1.29 bits per heavy atom. The zero-order chi connectivity index (χ0) is 15.8. The summed E-state index contributed by atoms with van der Waals surface area (Å²) in [5.41, 5.74) is 6.75. The van der Waals surface area contributed by atoms with E-state index in [0.29, 0.717) is 0 Å². The van der Waals surface area contributed by atoms with Crippen LogP contribution < -0.4 is 0 Å². The van der Waals surface area contributed by atoms with Crippen LogP contribution in [0, 0.1) is 6.92 Å². The molecule has 0 saturated heterocycles. The fourth-order valence-corrected chi connectivity index (χ4v) is 2.72. The smallest absolute Gasteiger partial charge is 0.0378 e. The van der Waals surface area contributed by atoms with Crippen molar-refractivity contribution in [3.05, 3.63) is 53.3 Å². The van der Waals surface area contributed by atoms with Crippen LogP contribution in [0.25, 0.3) is 11.1 Å². The summed E-state index contributed by atoms with van der Waals surface area (Å²) < 4.78 is 0. The molecule has 1 aromatic carbocycles. The predicted octanol–water partition coefficient (Wildman–Crippen LogP) is 5.65. The van der Waals surface area contributed by atoms with Crippen LogP contribution in [0.1, 0.15) is 58.4 Å². The Morgan fingerprint density at radius 3 is 1.81 bits per heavy atom. The number of benzene rings is 1. The maximum atomic E-state index is 4.29. The third kappa shape index (κ3) is 3.53. The highest BCUT2D eigenvalue weighted by Crippen LogP contribution is 2.36. The van der Waals surface area contributed by atoms with E-state index in [9.17, 15) is 0 Å². The third-order valence-corrected chi connectivity index (χ3v) is 3.87. The topological polar surface area (TPSA) is 12.9 Å². The van der Waals surface area contributed by atoms with Gasteiger partial charge in [-0.15, -0.1) is 0 Å². The number of aromatic nitrogens is 1. The summed E-state index contributed by atoms with van der Waals surface area (Å²) >= 11 is 0. The number of hydrogen-bond acceptors (Lipinski definition) is 1. The Labute approximate surface area is 129 Å². The lowest BCUT2D eigenvalue weighted by atomic mass is 9.74. The van der Waals surface area contributed by atoms with Gasteiger partial charge in [0.15, 0.2) is 0 Å². The van der Waals surface area contributed by atoms with E-state index in [4.69, 9.17) is 0 Å². The average Bonchev–Trinajstić information content (AvgIpc) is 2.36. The first-order valence-electron chi connectivity index (χ1n) is 7.67. The van der Waals surface area contributed by atoms with E-state index in [1.54, 1.807) is 0 Å². The zero-order valence-corrected chi connectivity index (χ0v) is 14.4. The highest BCUT2D eigenvalue weighted by molar-refractivity contribution is 5.66. The highest BCUT2D eigenvalue weighted by Gasteiger charge is 2.25. The molecular weight excluding hydrogens is 254 g/mol. The van der Waals surface area contributed by atoms with Gasteiger partial charge in [0.2, 0.25) is 0 Å². The lowest BCUT2D eigenvalue weighted by Gasteiger charge is -2.30. The van der Waals surface area contributed by atoms with Crippen molar-refractivity contribution >= 4 is 0 Å². The fourth-order valence-electron chi connectivity index (χ4n) is 2.72.